The molecule has 0 aromatic heterocycles. The van der Waals surface area contributed by atoms with Gasteiger partial charge in [-0.05, 0) is 43.0 Å². The van der Waals surface area contributed by atoms with Gasteiger partial charge in [-0.15, -0.1) is 0 Å². The fraction of sp³-hybridized carbons (Fsp3) is 0.429. The predicted molar refractivity (Wildman–Crippen MR) is 107 cm³/mol. The summed E-state index contributed by atoms with van der Waals surface area (Å²) in [5.74, 6) is 0.525. The van der Waals surface area contributed by atoms with Crippen molar-refractivity contribution in [1.82, 2.24) is 5.43 Å². The van der Waals surface area contributed by atoms with Crippen molar-refractivity contribution in [2.24, 2.45) is 16.9 Å². The largest absolute Gasteiger partial charge is 0.508 e. The van der Waals surface area contributed by atoms with E-state index in [9.17, 15) is 9.90 Å². The monoisotopic (exact) mass is 369 g/mol. The second-order valence-electron chi connectivity index (χ2n) is 7.14. The molecule has 144 valence electrons. The lowest BCUT2D eigenvalue weighted by Gasteiger charge is -2.29. The molecule has 0 radical (unpaired) electrons. The van der Waals surface area contributed by atoms with E-state index in [2.05, 4.69) is 29.3 Å². The first-order valence-electron chi connectivity index (χ1n) is 9.36. The fourth-order valence-electron chi connectivity index (χ4n) is 3.22. The standard InChI is InChI=1S/C21H27N3O3/c1-14-11-19(20(25)12-15(14)2)16(3)22-23-21(26)17-5-4-6-18(13-17)24-7-9-27-10-8-24/h4-6,11-15,25H,7-10H2,1-3H3,(H,23,26)/b22-16+. The molecule has 2 atom stereocenters. The van der Waals surface area contributed by atoms with Crippen LogP contribution in [-0.2, 0) is 4.74 Å². The summed E-state index contributed by atoms with van der Waals surface area (Å²) in [6, 6.07) is 7.50. The Kier molecular flexibility index (Phi) is 5.96. The van der Waals surface area contributed by atoms with Crippen LogP contribution in [0.15, 0.2) is 52.9 Å². The fourth-order valence-corrected chi connectivity index (χ4v) is 3.22. The molecule has 2 N–H and O–H groups in total. The van der Waals surface area contributed by atoms with Crippen molar-refractivity contribution >= 4 is 17.3 Å². The highest BCUT2D eigenvalue weighted by Gasteiger charge is 2.20. The van der Waals surface area contributed by atoms with Crippen molar-refractivity contribution in [3.8, 4) is 0 Å². The third-order valence-corrected chi connectivity index (χ3v) is 5.16. The van der Waals surface area contributed by atoms with Crippen molar-refractivity contribution < 1.29 is 14.6 Å². The Morgan fingerprint density at radius 3 is 2.67 bits per heavy atom. The molecule has 0 spiro atoms. The zero-order valence-corrected chi connectivity index (χ0v) is 16.1. The molecule has 6 heteroatoms. The Labute approximate surface area is 160 Å². The number of rotatable bonds is 4. The number of hydrogen-bond acceptors (Lipinski definition) is 5. The summed E-state index contributed by atoms with van der Waals surface area (Å²) in [7, 11) is 0. The van der Waals surface area contributed by atoms with Crippen LogP contribution in [0.4, 0.5) is 5.69 Å². The molecule has 2 unspecified atom stereocenters. The van der Waals surface area contributed by atoms with Crippen molar-refractivity contribution in [3.05, 3.63) is 53.3 Å². The molecule has 1 aliphatic heterocycles. The SMILES string of the molecule is C/C(=N\NC(=O)c1cccc(N2CCOCC2)c1)C1=CC(C)C(C)C=C1O. The van der Waals surface area contributed by atoms with Crippen LogP contribution >= 0.6 is 0 Å². The van der Waals surface area contributed by atoms with Gasteiger partial charge < -0.3 is 14.7 Å². The van der Waals surface area contributed by atoms with E-state index in [1.54, 1.807) is 13.0 Å². The first kappa shape index (κ1) is 19.2. The molecule has 1 aromatic rings. The van der Waals surface area contributed by atoms with Gasteiger partial charge >= 0.3 is 0 Å². The number of allylic oxidation sites excluding steroid dienone is 3. The number of hydrogen-bond donors (Lipinski definition) is 2. The molecule has 3 rings (SSSR count). The minimum atomic E-state index is -0.272. The molecule has 2 aliphatic rings. The number of nitrogens with one attached hydrogen (secondary N) is 1. The molecule has 1 heterocycles. The smallest absolute Gasteiger partial charge is 0.271 e. The Balaban J connectivity index is 1.69. The van der Waals surface area contributed by atoms with Crippen LogP contribution in [0, 0.1) is 11.8 Å². The number of morpholine rings is 1. The molecule has 27 heavy (non-hydrogen) atoms. The minimum absolute atomic E-state index is 0.213. The summed E-state index contributed by atoms with van der Waals surface area (Å²) in [6.45, 7) is 8.97. The topological polar surface area (TPSA) is 74.2 Å². The third-order valence-electron chi connectivity index (χ3n) is 5.16. The number of amides is 1. The van der Waals surface area contributed by atoms with Gasteiger partial charge in [0.1, 0.15) is 5.76 Å². The Morgan fingerprint density at radius 1 is 1.22 bits per heavy atom. The maximum atomic E-state index is 12.5. The molecular formula is C21H27N3O3. The quantitative estimate of drug-likeness (QED) is 0.631. The van der Waals surface area contributed by atoms with E-state index in [0.29, 0.717) is 36.0 Å². The summed E-state index contributed by atoms with van der Waals surface area (Å²) in [5.41, 5.74) is 5.41. The van der Waals surface area contributed by atoms with Crippen molar-refractivity contribution in [1.29, 1.82) is 0 Å². The normalized spacial score (nSPS) is 23.5. The van der Waals surface area contributed by atoms with E-state index >= 15 is 0 Å². The second kappa shape index (κ2) is 8.39. The van der Waals surface area contributed by atoms with Gasteiger partial charge in [-0.3, -0.25) is 4.79 Å². The zero-order valence-electron chi connectivity index (χ0n) is 16.1. The Bertz CT molecular complexity index is 792. The number of carbonyl (C=O) groups excluding carboxylic acids is 1. The summed E-state index contributed by atoms with van der Waals surface area (Å²) < 4.78 is 5.38. The van der Waals surface area contributed by atoms with E-state index < -0.39 is 0 Å². The second-order valence-corrected chi connectivity index (χ2v) is 7.14. The average Bonchev–Trinajstić information content (AvgIpc) is 2.69. The first-order valence-corrected chi connectivity index (χ1v) is 9.36. The van der Waals surface area contributed by atoms with Crippen LogP contribution in [0.25, 0.3) is 0 Å². The summed E-state index contributed by atoms with van der Waals surface area (Å²) in [5, 5.41) is 14.4. The van der Waals surface area contributed by atoms with Gasteiger partial charge in [0.15, 0.2) is 0 Å². The summed E-state index contributed by atoms with van der Waals surface area (Å²) in [4.78, 5) is 14.7. The number of anilines is 1. The lowest BCUT2D eigenvalue weighted by Crippen LogP contribution is -2.36. The van der Waals surface area contributed by atoms with Crippen LogP contribution in [0.5, 0.6) is 0 Å². The van der Waals surface area contributed by atoms with Crippen molar-refractivity contribution in [2.75, 3.05) is 31.2 Å². The number of carbonyl (C=O) groups is 1. The number of hydrazone groups is 1. The van der Waals surface area contributed by atoms with Gasteiger partial charge in [0.05, 0.1) is 18.9 Å². The molecule has 1 fully saturated rings. The number of aliphatic hydroxyl groups is 1. The van der Waals surface area contributed by atoms with Crippen LogP contribution in [0.2, 0.25) is 0 Å². The molecule has 0 saturated carbocycles. The highest BCUT2D eigenvalue weighted by atomic mass is 16.5. The molecular weight excluding hydrogens is 342 g/mol. The highest BCUT2D eigenvalue weighted by Crippen LogP contribution is 2.26. The average molecular weight is 369 g/mol. The van der Waals surface area contributed by atoms with Gasteiger partial charge in [-0.2, -0.15) is 5.10 Å². The minimum Gasteiger partial charge on any atom is -0.508 e. The van der Waals surface area contributed by atoms with E-state index in [-0.39, 0.29) is 17.6 Å². The molecule has 1 aliphatic carbocycles. The van der Waals surface area contributed by atoms with Crippen LogP contribution in [0.3, 0.4) is 0 Å². The van der Waals surface area contributed by atoms with Gasteiger partial charge in [0, 0.05) is 29.9 Å². The van der Waals surface area contributed by atoms with Crippen molar-refractivity contribution in [3.63, 3.8) is 0 Å². The van der Waals surface area contributed by atoms with E-state index in [4.69, 9.17) is 4.74 Å². The van der Waals surface area contributed by atoms with Crippen molar-refractivity contribution in [2.45, 2.75) is 20.8 Å². The van der Waals surface area contributed by atoms with Crippen LogP contribution < -0.4 is 10.3 Å². The molecule has 0 bridgehead atoms. The predicted octanol–water partition coefficient (Wildman–Crippen LogP) is 3.28. The number of nitrogens with zero attached hydrogens (tertiary/aromatic N) is 2. The molecule has 1 saturated heterocycles. The number of benzene rings is 1. The molecule has 6 nitrogen and oxygen atoms in total. The van der Waals surface area contributed by atoms with Gasteiger partial charge in [-0.1, -0.05) is 26.0 Å². The van der Waals surface area contributed by atoms with E-state index in [1.165, 1.54) is 0 Å². The number of aliphatic hydroxyl groups excluding tert-OH is 1. The molecule has 1 aromatic carbocycles. The zero-order chi connectivity index (χ0) is 19.4. The van der Waals surface area contributed by atoms with E-state index in [0.717, 1.165) is 18.8 Å². The number of ether oxygens (including phenoxy) is 1. The summed E-state index contributed by atoms with van der Waals surface area (Å²) in [6.07, 6.45) is 3.82. The molecule has 1 amide bonds. The van der Waals surface area contributed by atoms with Gasteiger partial charge in [0.25, 0.3) is 5.91 Å². The van der Waals surface area contributed by atoms with E-state index in [1.807, 2.05) is 30.4 Å². The maximum absolute atomic E-state index is 12.5. The first-order chi connectivity index (χ1) is 13.0. The summed E-state index contributed by atoms with van der Waals surface area (Å²) >= 11 is 0. The van der Waals surface area contributed by atoms with Gasteiger partial charge in [-0.25, -0.2) is 5.43 Å². The third kappa shape index (κ3) is 4.57. The Morgan fingerprint density at radius 2 is 1.93 bits per heavy atom. The van der Waals surface area contributed by atoms with Crippen LogP contribution in [0.1, 0.15) is 31.1 Å². The lowest BCUT2D eigenvalue weighted by molar-refractivity contribution is 0.0954. The lowest BCUT2D eigenvalue weighted by atomic mass is 9.86. The van der Waals surface area contributed by atoms with Gasteiger partial charge in [0.2, 0.25) is 0 Å². The highest BCUT2D eigenvalue weighted by molar-refractivity contribution is 6.03. The van der Waals surface area contributed by atoms with Crippen LogP contribution in [-0.4, -0.2) is 43.0 Å². The maximum Gasteiger partial charge on any atom is 0.271 e. The Hall–Kier alpha value is -2.60.